The second-order valence-electron chi connectivity index (χ2n) is 8.57. The van der Waals surface area contributed by atoms with E-state index in [1.165, 1.54) is 16.2 Å². The Kier molecular flexibility index (Phi) is 5.90. The molecule has 3 aromatic rings. The third-order valence-electron chi connectivity index (χ3n) is 5.97. The van der Waals surface area contributed by atoms with Crippen LogP contribution in [-0.2, 0) is 27.2 Å². The topological polar surface area (TPSA) is 94.1 Å². The van der Waals surface area contributed by atoms with Crippen LogP contribution in [0, 0.1) is 5.92 Å². The molecule has 4 rings (SSSR count). The molecular weight excluding hydrogens is 396 g/mol. The van der Waals surface area contributed by atoms with Crippen LogP contribution in [-0.4, -0.2) is 59.7 Å². The molecule has 4 heterocycles. The molecule has 10 nitrogen and oxygen atoms in total. The Labute approximate surface area is 180 Å². The molecular formula is C21H30N8O2. The lowest BCUT2D eigenvalue weighted by Gasteiger charge is -2.35. The molecule has 166 valence electrons. The lowest BCUT2D eigenvalue weighted by Crippen LogP contribution is -2.46. The number of aromatic nitrogens is 6. The molecule has 10 heteroatoms. The molecule has 1 aliphatic heterocycles. The number of aryl methyl sites for hydroxylation is 2. The summed E-state index contributed by atoms with van der Waals surface area (Å²) in [6.07, 6.45) is 6.12. The lowest BCUT2D eigenvalue weighted by molar-refractivity contribution is 0.240. The fraction of sp³-hybridized carbons (Fsp3) is 0.571. The summed E-state index contributed by atoms with van der Waals surface area (Å²) in [5.41, 5.74) is 0.340. The van der Waals surface area contributed by atoms with Gasteiger partial charge in [-0.15, -0.1) is 0 Å². The minimum Gasteiger partial charge on any atom is -0.353 e. The Balaban J connectivity index is 1.62. The van der Waals surface area contributed by atoms with Crippen LogP contribution in [0.3, 0.4) is 0 Å². The number of rotatable bonds is 6. The van der Waals surface area contributed by atoms with E-state index in [4.69, 9.17) is 4.98 Å². The fourth-order valence-corrected chi connectivity index (χ4v) is 4.03. The summed E-state index contributed by atoms with van der Waals surface area (Å²) in [5.74, 6) is 2.23. The monoisotopic (exact) mass is 426 g/mol. The Morgan fingerprint density at radius 1 is 1.03 bits per heavy atom. The average molecular weight is 427 g/mol. The van der Waals surface area contributed by atoms with Crippen LogP contribution in [0.15, 0.2) is 28.2 Å². The van der Waals surface area contributed by atoms with E-state index in [0.717, 1.165) is 44.2 Å². The summed E-state index contributed by atoms with van der Waals surface area (Å²) < 4.78 is 4.66. The Bertz CT molecular complexity index is 1170. The van der Waals surface area contributed by atoms with Crippen molar-refractivity contribution in [2.45, 2.75) is 33.4 Å². The molecule has 0 spiro atoms. The highest BCUT2D eigenvalue weighted by Gasteiger charge is 2.23. The number of fused-ring (bicyclic) bond motifs is 1. The van der Waals surface area contributed by atoms with E-state index in [1.54, 1.807) is 25.6 Å². The maximum Gasteiger partial charge on any atom is 0.332 e. The van der Waals surface area contributed by atoms with Crippen molar-refractivity contribution in [2.75, 3.05) is 31.1 Å². The number of anilines is 1. The van der Waals surface area contributed by atoms with Crippen molar-refractivity contribution in [1.82, 2.24) is 33.6 Å². The number of nitrogens with zero attached hydrogens (tertiary/aromatic N) is 8. The molecule has 1 aliphatic rings. The predicted octanol–water partition coefficient (Wildman–Crippen LogP) is 0.592. The van der Waals surface area contributed by atoms with Gasteiger partial charge in [-0.2, -0.15) is 0 Å². The van der Waals surface area contributed by atoms with Crippen LogP contribution in [0.1, 0.15) is 26.1 Å². The van der Waals surface area contributed by atoms with Crippen LogP contribution in [0.25, 0.3) is 11.2 Å². The molecule has 0 radical (unpaired) electrons. The van der Waals surface area contributed by atoms with Crippen molar-refractivity contribution in [3.8, 4) is 0 Å². The largest absolute Gasteiger partial charge is 0.353 e. The van der Waals surface area contributed by atoms with Gasteiger partial charge in [0.15, 0.2) is 11.2 Å². The molecule has 1 fully saturated rings. The number of hydrogen-bond donors (Lipinski definition) is 0. The molecule has 0 aromatic carbocycles. The van der Waals surface area contributed by atoms with Gasteiger partial charge in [-0.05, 0) is 12.3 Å². The van der Waals surface area contributed by atoms with Crippen molar-refractivity contribution in [2.24, 2.45) is 20.0 Å². The zero-order chi connectivity index (χ0) is 22.1. The molecule has 0 bridgehead atoms. The van der Waals surface area contributed by atoms with Crippen molar-refractivity contribution >= 4 is 17.0 Å². The van der Waals surface area contributed by atoms with Gasteiger partial charge in [0.2, 0.25) is 0 Å². The third-order valence-corrected chi connectivity index (χ3v) is 5.97. The summed E-state index contributed by atoms with van der Waals surface area (Å²) in [4.78, 5) is 43.2. The first-order valence-electron chi connectivity index (χ1n) is 10.7. The number of imidazole rings is 1. The molecule has 0 unspecified atom stereocenters. The van der Waals surface area contributed by atoms with Crippen molar-refractivity contribution in [3.63, 3.8) is 0 Å². The van der Waals surface area contributed by atoms with E-state index in [0.29, 0.717) is 30.2 Å². The smallest absolute Gasteiger partial charge is 0.332 e. The minimum absolute atomic E-state index is 0.284. The van der Waals surface area contributed by atoms with Gasteiger partial charge in [0.1, 0.15) is 11.6 Å². The van der Waals surface area contributed by atoms with E-state index in [-0.39, 0.29) is 11.2 Å². The summed E-state index contributed by atoms with van der Waals surface area (Å²) in [6, 6.07) is 0. The maximum atomic E-state index is 12.9. The van der Waals surface area contributed by atoms with E-state index in [2.05, 4.69) is 33.6 Å². The first-order chi connectivity index (χ1) is 14.9. The Morgan fingerprint density at radius 3 is 2.42 bits per heavy atom. The van der Waals surface area contributed by atoms with Crippen LogP contribution >= 0.6 is 0 Å². The SMILES string of the molecule is CC(C)CCn1c(CN2CCN(c3cnccn3)CC2)nc2c1c(=O)n(C)c(=O)n2C. The fourth-order valence-electron chi connectivity index (χ4n) is 4.03. The normalized spacial score (nSPS) is 15.3. The third kappa shape index (κ3) is 4.12. The zero-order valence-electron chi connectivity index (χ0n) is 18.7. The predicted molar refractivity (Wildman–Crippen MR) is 119 cm³/mol. The first-order valence-corrected chi connectivity index (χ1v) is 10.7. The maximum absolute atomic E-state index is 12.9. The van der Waals surface area contributed by atoms with Gasteiger partial charge in [-0.25, -0.2) is 14.8 Å². The van der Waals surface area contributed by atoms with Crippen molar-refractivity contribution in [1.29, 1.82) is 0 Å². The van der Waals surface area contributed by atoms with E-state index in [9.17, 15) is 9.59 Å². The van der Waals surface area contributed by atoms with Crippen LogP contribution in [0.5, 0.6) is 0 Å². The summed E-state index contributed by atoms with van der Waals surface area (Å²) >= 11 is 0. The van der Waals surface area contributed by atoms with Gasteiger partial charge in [-0.1, -0.05) is 13.8 Å². The molecule has 0 atom stereocenters. The van der Waals surface area contributed by atoms with Crippen LogP contribution in [0.4, 0.5) is 5.82 Å². The van der Waals surface area contributed by atoms with E-state index in [1.807, 2.05) is 4.57 Å². The summed E-state index contributed by atoms with van der Waals surface area (Å²) in [7, 11) is 3.20. The van der Waals surface area contributed by atoms with Gasteiger partial charge in [0, 0.05) is 59.2 Å². The second-order valence-corrected chi connectivity index (χ2v) is 8.57. The summed E-state index contributed by atoms with van der Waals surface area (Å²) in [5, 5.41) is 0. The molecule has 0 N–H and O–H groups in total. The van der Waals surface area contributed by atoms with E-state index < -0.39 is 0 Å². The molecule has 1 saturated heterocycles. The highest BCUT2D eigenvalue weighted by molar-refractivity contribution is 5.71. The minimum atomic E-state index is -0.352. The molecule has 0 saturated carbocycles. The van der Waals surface area contributed by atoms with Gasteiger partial charge in [-0.3, -0.25) is 23.8 Å². The second kappa shape index (κ2) is 8.62. The van der Waals surface area contributed by atoms with E-state index >= 15 is 0 Å². The Hall–Kier alpha value is -3.01. The highest BCUT2D eigenvalue weighted by atomic mass is 16.2. The standard InChI is InChI=1S/C21H30N8O2/c1-15(2)5-8-29-17(24-19-18(29)20(30)26(4)21(31)25(19)3)14-27-9-11-28(12-10-27)16-13-22-6-7-23-16/h6-7,13,15H,5,8-12,14H2,1-4H3. The van der Waals surface area contributed by atoms with Gasteiger partial charge >= 0.3 is 5.69 Å². The quantitative estimate of drug-likeness (QED) is 0.569. The molecule has 0 amide bonds. The molecule has 31 heavy (non-hydrogen) atoms. The number of piperazine rings is 1. The Morgan fingerprint density at radius 2 is 1.77 bits per heavy atom. The van der Waals surface area contributed by atoms with Crippen LogP contribution < -0.4 is 16.1 Å². The molecule has 0 aliphatic carbocycles. The number of hydrogen-bond acceptors (Lipinski definition) is 7. The molecule has 3 aromatic heterocycles. The highest BCUT2D eigenvalue weighted by Crippen LogP contribution is 2.18. The van der Waals surface area contributed by atoms with Crippen molar-refractivity contribution in [3.05, 3.63) is 45.3 Å². The van der Waals surface area contributed by atoms with Crippen molar-refractivity contribution < 1.29 is 0 Å². The lowest BCUT2D eigenvalue weighted by atomic mass is 10.1. The first kappa shape index (κ1) is 21.2. The summed E-state index contributed by atoms with van der Waals surface area (Å²) in [6.45, 7) is 9.10. The van der Waals surface area contributed by atoms with Crippen LogP contribution in [0.2, 0.25) is 0 Å². The van der Waals surface area contributed by atoms with Gasteiger partial charge in [0.05, 0.1) is 12.7 Å². The average Bonchev–Trinajstić information content (AvgIpc) is 3.14. The van der Waals surface area contributed by atoms with Gasteiger partial charge in [0.25, 0.3) is 5.56 Å². The zero-order valence-corrected chi connectivity index (χ0v) is 18.7. The van der Waals surface area contributed by atoms with Gasteiger partial charge < -0.3 is 9.47 Å².